The lowest BCUT2D eigenvalue weighted by Gasteiger charge is -2.05. The maximum absolute atomic E-state index is 11.3. The summed E-state index contributed by atoms with van der Waals surface area (Å²) in [6.07, 6.45) is 0. The molecular formula is C13H13BrN2O2. The molecule has 2 N–H and O–H groups in total. The van der Waals surface area contributed by atoms with Gasteiger partial charge < -0.3 is 15.0 Å². The molecule has 0 radical (unpaired) electrons. The first-order valence-corrected chi connectivity index (χ1v) is 6.24. The Balaban J connectivity index is 1.98. The minimum atomic E-state index is -0.358. The first-order valence-electron chi connectivity index (χ1n) is 5.44. The smallest absolute Gasteiger partial charge is 0.354 e. The molecule has 5 heteroatoms. The van der Waals surface area contributed by atoms with E-state index in [1.807, 2.05) is 30.3 Å². The zero-order chi connectivity index (χ0) is 13.0. The van der Waals surface area contributed by atoms with Crippen molar-refractivity contribution in [3.05, 3.63) is 52.3 Å². The Labute approximate surface area is 113 Å². The number of aromatic amines is 1. The molecule has 0 aliphatic rings. The Bertz CT molecular complexity index is 551. The van der Waals surface area contributed by atoms with E-state index in [1.165, 1.54) is 7.11 Å². The molecule has 0 saturated carbocycles. The van der Waals surface area contributed by atoms with Crippen molar-refractivity contribution in [2.75, 3.05) is 12.4 Å². The number of carbonyl (C=O) groups is 1. The van der Waals surface area contributed by atoms with Crippen molar-refractivity contribution in [2.24, 2.45) is 0 Å². The number of aromatic nitrogens is 1. The third kappa shape index (κ3) is 3.13. The van der Waals surface area contributed by atoms with Crippen LogP contribution in [0.5, 0.6) is 0 Å². The van der Waals surface area contributed by atoms with E-state index in [2.05, 4.69) is 31.0 Å². The number of ether oxygens (including phenoxy) is 1. The van der Waals surface area contributed by atoms with Gasteiger partial charge in [0.25, 0.3) is 0 Å². The van der Waals surface area contributed by atoms with Gasteiger partial charge in [0.05, 0.1) is 13.7 Å². The second-order valence-electron chi connectivity index (χ2n) is 3.75. The normalized spacial score (nSPS) is 10.1. The van der Waals surface area contributed by atoms with E-state index in [1.54, 1.807) is 6.07 Å². The van der Waals surface area contributed by atoms with E-state index in [9.17, 15) is 4.79 Å². The highest BCUT2D eigenvalue weighted by molar-refractivity contribution is 9.10. The van der Waals surface area contributed by atoms with Gasteiger partial charge >= 0.3 is 5.97 Å². The van der Waals surface area contributed by atoms with Gasteiger partial charge in [-0.15, -0.1) is 0 Å². The highest BCUT2D eigenvalue weighted by Gasteiger charge is 2.07. The van der Waals surface area contributed by atoms with Crippen LogP contribution in [0, 0.1) is 0 Å². The van der Waals surface area contributed by atoms with Gasteiger partial charge in [0.2, 0.25) is 0 Å². The lowest BCUT2D eigenvalue weighted by molar-refractivity contribution is 0.0594. The molecule has 0 saturated heterocycles. The van der Waals surface area contributed by atoms with Crippen LogP contribution in [0.3, 0.4) is 0 Å². The Hall–Kier alpha value is -1.75. The van der Waals surface area contributed by atoms with Crippen LogP contribution in [-0.4, -0.2) is 18.1 Å². The third-order valence-corrected chi connectivity index (χ3v) is 2.95. The van der Waals surface area contributed by atoms with Crippen molar-refractivity contribution in [3.63, 3.8) is 0 Å². The van der Waals surface area contributed by atoms with Crippen LogP contribution < -0.4 is 5.32 Å². The standard InChI is InChI=1S/C13H13BrN2O2/c1-18-13(17)12-6-5-11(16-12)8-15-10-4-2-3-9(14)7-10/h2-7,15-16H,8H2,1H3. The molecule has 0 aliphatic heterocycles. The number of anilines is 1. The topological polar surface area (TPSA) is 54.1 Å². The lowest BCUT2D eigenvalue weighted by atomic mass is 10.3. The van der Waals surface area contributed by atoms with Crippen LogP contribution in [0.25, 0.3) is 0 Å². The maximum atomic E-state index is 11.3. The van der Waals surface area contributed by atoms with Crippen molar-refractivity contribution in [3.8, 4) is 0 Å². The number of methoxy groups -OCH3 is 1. The average molecular weight is 309 g/mol. The number of carbonyl (C=O) groups excluding carboxylic acids is 1. The van der Waals surface area contributed by atoms with Gasteiger partial charge in [-0.05, 0) is 30.3 Å². The first-order chi connectivity index (χ1) is 8.69. The number of hydrogen-bond acceptors (Lipinski definition) is 3. The van der Waals surface area contributed by atoms with E-state index < -0.39 is 0 Å². The van der Waals surface area contributed by atoms with E-state index in [4.69, 9.17) is 0 Å². The second kappa shape index (κ2) is 5.73. The number of H-pyrrole nitrogens is 1. The molecule has 0 fully saturated rings. The molecule has 2 rings (SSSR count). The molecule has 0 bridgehead atoms. The summed E-state index contributed by atoms with van der Waals surface area (Å²) in [5.41, 5.74) is 2.40. The van der Waals surface area contributed by atoms with Gasteiger partial charge in [-0.3, -0.25) is 0 Å². The Morgan fingerprint density at radius 1 is 1.39 bits per heavy atom. The Morgan fingerprint density at radius 2 is 2.22 bits per heavy atom. The second-order valence-corrected chi connectivity index (χ2v) is 4.67. The predicted octanol–water partition coefficient (Wildman–Crippen LogP) is 3.18. The van der Waals surface area contributed by atoms with Crippen molar-refractivity contribution >= 4 is 27.6 Å². The van der Waals surface area contributed by atoms with Crippen LogP contribution in [0.15, 0.2) is 40.9 Å². The summed E-state index contributed by atoms with van der Waals surface area (Å²) in [5, 5.41) is 3.26. The van der Waals surface area contributed by atoms with Gasteiger partial charge in [-0.1, -0.05) is 22.0 Å². The summed E-state index contributed by atoms with van der Waals surface area (Å²) in [4.78, 5) is 14.3. The molecule has 18 heavy (non-hydrogen) atoms. The number of rotatable bonds is 4. The summed E-state index contributed by atoms with van der Waals surface area (Å²) in [6, 6.07) is 11.5. The molecule has 1 aromatic heterocycles. The molecule has 4 nitrogen and oxygen atoms in total. The SMILES string of the molecule is COC(=O)c1ccc(CNc2cccc(Br)c2)[nH]1. The quantitative estimate of drug-likeness (QED) is 0.853. The lowest BCUT2D eigenvalue weighted by Crippen LogP contribution is -2.03. The van der Waals surface area contributed by atoms with Crippen molar-refractivity contribution < 1.29 is 9.53 Å². The summed E-state index contributed by atoms with van der Waals surface area (Å²) >= 11 is 3.41. The Morgan fingerprint density at radius 3 is 2.94 bits per heavy atom. The zero-order valence-corrected chi connectivity index (χ0v) is 11.5. The fourth-order valence-corrected chi connectivity index (χ4v) is 1.97. The average Bonchev–Trinajstić information content (AvgIpc) is 2.84. The van der Waals surface area contributed by atoms with Gasteiger partial charge in [0, 0.05) is 15.9 Å². The fraction of sp³-hybridized carbons (Fsp3) is 0.154. The molecule has 0 atom stereocenters. The Kier molecular flexibility index (Phi) is 4.04. The van der Waals surface area contributed by atoms with Crippen LogP contribution in [0.4, 0.5) is 5.69 Å². The number of hydrogen-bond donors (Lipinski definition) is 2. The molecule has 0 aliphatic carbocycles. The van der Waals surface area contributed by atoms with E-state index in [-0.39, 0.29) is 5.97 Å². The molecule has 2 aromatic rings. The molecule has 0 amide bonds. The van der Waals surface area contributed by atoms with Crippen LogP contribution in [0.1, 0.15) is 16.2 Å². The van der Waals surface area contributed by atoms with Gasteiger partial charge in [-0.25, -0.2) is 4.79 Å². The summed E-state index contributed by atoms with van der Waals surface area (Å²) < 4.78 is 5.65. The molecule has 1 heterocycles. The van der Waals surface area contributed by atoms with Crippen molar-refractivity contribution in [1.29, 1.82) is 0 Å². The number of benzene rings is 1. The minimum Gasteiger partial charge on any atom is -0.464 e. The number of halogens is 1. The molecule has 0 unspecified atom stereocenters. The molecule has 0 spiro atoms. The summed E-state index contributed by atoms with van der Waals surface area (Å²) in [5.74, 6) is -0.358. The molecule has 1 aromatic carbocycles. The van der Waals surface area contributed by atoms with Gasteiger partial charge in [0.1, 0.15) is 5.69 Å². The van der Waals surface area contributed by atoms with Crippen LogP contribution in [0.2, 0.25) is 0 Å². The number of nitrogens with one attached hydrogen (secondary N) is 2. The van der Waals surface area contributed by atoms with E-state index in [0.29, 0.717) is 12.2 Å². The zero-order valence-electron chi connectivity index (χ0n) is 9.87. The monoisotopic (exact) mass is 308 g/mol. The van der Waals surface area contributed by atoms with Crippen LogP contribution in [-0.2, 0) is 11.3 Å². The van der Waals surface area contributed by atoms with Crippen LogP contribution >= 0.6 is 15.9 Å². The minimum absolute atomic E-state index is 0.358. The van der Waals surface area contributed by atoms with Gasteiger partial charge in [-0.2, -0.15) is 0 Å². The fourth-order valence-electron chi connectivity index (χ4n) is 1.57. The summed E-state index contributed by atoms with van der Waals surface area (Å²) in [6.45, 7) is 0.618. The van der Waals surface area contributed by atoms with E-state index in [0.717, 1.165) is 15.9 Å². The number of esters is 1. The molecular weight excluding hydrogens is 296 g/mol. The summed E-state index contributed by atoms with van der Waals surface area (Å²) in [7, 11) is 1.36. The van der Waals surface area contributed by atoms with Crippen molar-refractivity contribution in [1.82, 2.24) is 4.98 Å². The highest BCUT2D eigenvalue weighted by Crippen LogP contribution is 2.16. The highest BCUT2D eigenvalue weighted by atomic mass is 79.9. The van der Waals surface area contributed by atoms with Gasteiger partial charge in [0.15, 0.2) is 0 Å². The first kappa shape index (κ1) is 12.7. The predicted molar refractivity (Wildman–Crippen MR) is 73.6 cm³/mol. The largest absolute Gasteiger partial charge is 0.464 e. The third-order valence-electron chi connectivity index (χ3n) is 2.46. The van der Waals surface area contributed by atoms with E-state index >= 15 is 0 Å². The van der Waals surface area contributed by atoms with Crippen molar-refractivity contribution in [2.45, 2.75) is 6.54 Å². The maximum Gasteiger partial charge on any atom is 0.354 e. The molecule has 94 valence electrons.